The van der Waals surface area contributed by atoms with Crippen LogP contribution in [0.3, 0.4) is 0 Å². The summed E-state index contributed by atoms with van der Waals surface area (Å²) in [6.07, 6.45) is 3.04. The number of nitrogens with zero attached hydrogens (tertiary/aromatic N) is 3. The Kier molecular flexibility index (Phi) is 1.63. The van der Waals surface area contributed by atoms with Crippen LogP contribution in [0.5, 0.6) is 0 Å². The van der Waals surface area contributed by atoms with E-state index in [4.69, 9.17) is 22.8 Å². The minimum atomic E-state index is -2.39. The highest BCUT2D eigenvalue weighted by molar-refractivity contribution is 8.11. The molecule has 5 nitrogen and oxygen atoms in total. The van der Waals surface area contributed by atoms with Crippen LogP contribution in [0.25, 0.3) is 0 Å². The van der Waals surface area contributed by atoms with Crippen LogP contribution in [0.15, 0.2) is 12.4 Å². The van der Waals surface area contributed by atoms with E-state index in [1.54, 1.807) is 6.20 Å². The second kappa shape index (κ2) is 2.15. The molecule has 1 aromatic heterocycles. The lowest BCUT2D eigenvalue weighted by atomic mass is 11.0. The molecule has 0 saturated heterocycles. The van der Waals surface area contributed by atoms with Crippen LogP contribution < -0.4 is 11.0 Å². The van der Waals surface area contributed by atoms with Crippen LogP contribution in [-0.4, -0.2) is 14.8 Å². The van der Waals surface area contributed by atoms with E-state index in [-0.39, 0.29) is 0 Å². The summed E-state index contributed by atoms with van der Waals surface area (Å²) in [6, 6.07) is 0. The summed E-state index contributed by atoms with van der Waals surface area (Å²) in [6.45, 7) is -2.39. The second-order valence-corrected chi connectivity index (χ2v) is 5.01. The van der Waals surface area contributed by atoms with Gasteiger partial charge in [0, 0.05) is 0 Å². The number of nitrogens with two attached hydrogens (primary N) is 2. The zero-order valence-corrected chi connectivity index (χ0v) is 6.22. The summed E-state index contributed by atoms with van der Waals surface area (Å²) in [4.78, 5) is 0. The monoisotopic (exact) mass is 163 g/mol. The molecule has 0 amide bonds. The summed E-state index contributed by atoms with van der Waals surface area (Å²) in [5.41, 5.74) is 10.7. The van der Waals surface area contributed by atoms with Crippen molar-refractivity contribution in [1.82, 2.24) is 14.8 Å². The van der Waals surface area contributed by atoms with E-state index in [0.29, 0.717) is 0 Å². The van der Waals surface area contributed by atoms with Gasteiger partial charge < -0.3 is 0 Å². The molecule has 9 heavy (non-hydrogen) atoms. The number of hydrogen-bond donors (Lipinski definition) is 2. The van der Waals surface area contributed by atoms with E-state index in [1.165, 1.54) is 10.6 Å². The van der Waals surface area contributed by atoms with E-state index in [0.717, 1.165) is 0 Å². The third kappa shape index (κ3) is 1.56. The van der Waals surface area contributed by atoms with Gasteiger partial charge in [-0.25, -0.2) is 0 Å². The predicted octanol–water partition coefficient (Wildman–Crippen LogP) is -0.732. The van der Waals surface area contributed by atoms with Crippen LogP contribution in [0, 0.1) is 0 Å². The molecule has 0 unspecified atom stereocenters. The molecule has 0 aliphatic heterocycles. The third-order valence-electron chi connectivity index (χ3n) is 0.730. The molecule has 0 bridgehead atoms. The summed E-state index contributed by atoms with van der Waals surface area (Å²) >= 11 is 4.73. The Morgan fingerprint density at radius 1 is 1.56 bits per heavy atom. The first kappa shape index (κ1) is 6.82. The Hall–Kier alpha value is -0.290. The molecule has 7 heteroatoms. The van der Waals surface area contributed by atoms with Crippen LogP contribution >= 0.6 is 6.49 Å². The summed E-state index contributed by atoms with van der Waals surface area (Å²) in [5, 5.41) is 7.05. The standard InChI is InChI=1S/C2H6N5PS/c3-8(4,9)7-2-1-5-6-7/h1-2H,(H4,3,4,9). The first-order valence-electron chi connectivity index (χ1n) is 2.15. The van der Waals surface area contributed by atoms with Crippen molar-refractivity contribution < 1.29 is 0 Å². The van der Waals surface area contributed by atoms with Crippen LogP contribution in [-0.2, 0) is 11.8 Å². The first-order chi connectivity index (χ1) is 4.11. The Bertz CT molecular complexity index is 223. The summed E-state index contributed by atoms with van der Waals surface area (Å²) in [7, 11) is 0. The first-order valence-corrected chi connectivity index (χ1v) is 5.04. The van der Waals surface area contributed by atoms with Crippen LogP contribution in [0.2, 0.25) is 0 Å². The van der Waals surface area contributed by atoms with Gasteiger partial charge in [0.25, 0.3) is 0 Å². The fraction of sp³-hybridized carbons (Fsp3) is 0. The maximum Gasteiger partial charge on any atom is 0.180 e. The molecule has 0 aromatic carbocycles. The van der Waals surface area contributed by atoms with E-state index in [2.05, 4.69) is 10.3 Å². The van der Waals surface area contributed by atoms with E-state index in [1.807, 2.05) is 0 Å². The van der Waals surface area contributed by atoms with Crippen molar-refractivity contribution >= 4 is 18.3 Å². The highest BCUT2D eigenvalue weighted by Crippen LogP contribution is 2.24. The lowest BCUT2D eigenvalue weighted by molar-refractivity contribution is 0.873. The summed E-state index contributed by atoms with van der Waals surface area (Å²) in [5.74, 6) is 0. The SMILES string of the molecule is NP(N)(=S)n1ccnn1. The van der Waals surface area contributed by atoms with Gasteiger partial charge in [0.2, 0.25) is 0 Å². The largest absolute Gasteiger partial charge is 0.274 e. The van der Waals surface area contributed by atoms with Crippen LogP contribution in [0.4, 0.5) is 0 Å². The Morgan fingerprint density at radius 3 is 2.44 bits per heavy atom. The average Bonchev–Trinajstić information content (AvgIpc) is 2.08. The summed E-state index contributed by atoms with van der Waals surface area (Å²) < 4.78 is 1.31. The molecule has 0 radical (unpaired) electrons. The minimum Gasteiger partial charge on any atom is -0.274 e. The van der Waals surface area contributed by atoms with Crippen molar-refractivity contribution in [3.05, 3.63) is 12.4 Å². The fourth-order valence-electron chi connectivity index (χ4n) is 0.369. The molecular formula is C2H6N5PS. The number of rotatable bonds is 1. The molecule has 0 saturated carbocycles. The zero-order valence-electron chi connectivity index (χ0n) is 4.51. The second-order valence-electron chi connectivity index (χ2n) is 1.50. The lowest BCUT2D eigenvalue weighted by Crippen LogP contribution is -2.13. The van der Waals surface area contributed by atoms with Gasteiger partial charge in [-0.2, -0.15) is 4.45 Å². The molecule has 1 heterocycles. The van der Waals surface area contributed by atoms with Crippen LogP contribution in [0.1, 0.15) is 0 Å². The third-order valence-corrected chi connectivity index (χ3v) is 2.09. The van der Waals surface area contributed by atoms with Crippen molar-refractivity contribution in [1.29, 1.82) is 0 Å². The Labute approximate surface area is 57.2 Å². The Balaban J connectivity index is 3.04. The highest BCUT2D eigenvalue weighted by Gasteiger charge is 2.04. The molecular weight excluding hydrogens is 157 g/mol. The van der Waals surface area contributed by atoms with Gasteiger partial charge in [-0.05, 0) is 11.8 Å². The van der Waals surface area contributed by atoms with Crippen molar-refractivity contribution in [2.75, 3.05) is 0 Å². The molecule has 4 N–H and O–H groups in total. The van der Waals surface area contributed by atoms with Crippen molar-refractivity contribution in [3.63, 3.8) is 0 Å². The molecule has 0 aliphatic carbocycles. The van der Waals surface area contributed by atoms with E-state index in [9.17, 15) is 0 Å². The van der Waals surface area contributed by atoms with Crippen molar-refractivity contribution in [2.24, 2.45) is 11.0 Å². The maximum absolute atomic E-state index is 5.37. The molecule has 0 atom stereocenters. The molecule has 50 valence electrons. The minimum absolute atomic E-state index is 1.31. The fourth-order valence-corrected chi connectivity index (χ4v) is 1.07. The molecule has 0 fully saturated rings. The van der Waals surface area contributed by atoms with E-state index < -0.39 is 6.49 Å². The lowest BCUT2D eigenvalue weighted by Gasteiger charge is -2.06. The molecule has 0 aliphatic rings. The van der Waals surface area contributed by atoms with Crippen molar-refractivity contribution in [2.45, 2.75) is 0 Å². The topological polar surface area (TPSA) is 82.8 Å². The Morgan fingerprint density at radius 2 is 2.22 bits per heavy atom. The maximum atomic E-state index is 5.37. The number of hydrogen-bond acceptors (Lipinski definition) is 3. The van der Waals surface area contributed by atoms with Gasteiger partial charge >= 0.3 is 0 Å². The number of aromatic nitrogens is 3. The van der Waals surface area contributed by atoms with Gasteiger partial charge in [-0.3, -0.25) is 11.0 Å². The predicted molar refractivity (Wildman–Crippen MR) is 38.1 cm³/mol. The van der Waals surface area contributed by atoms with Gasteiger partial charge in [0.1, 0.15) is 0 Å². The molecule has 1 rings (SSSR count). The van der Waals surface area contributed by atoms with Gasteiger partial charge in [-0.1, -0.05) is 5.21 Å². The average molecular weight is 163 g/mol. The highest BCUT2D eigenvalue weighted by atomic mass is 32.4. The molecule has 1 aromatic rings. The van der Waals surface area contributed by atoms with Gasteiger partial charge in [0.05, 0.1) is 12.4 Å². The normalized spacial score (nSPS) is 11.8. The van der Waals surface area contributed by atoms with E-state index >= 15 is 0 Å². The van der Waals surface area contributed by atoms with Gasteiger partial charge in [-0.15, -0.1) is 5.10 Å². The quantitative estimate of drug-likeness (QED) is 0.533. The smallest absolute Gasteiger partial charge is 0.180 e. The van der Waals surface area contributed by atoms with Crippen molar-refractivity contribution in [3.8, 4) is 0 Å². The zero-order chi connectivity index (χ0) is 6.91. The van der Waals surface area contributed by atoms with Gasteiger partial charge in [0.15, 0.2) is 6.49 Å². The molecule has 0 spiro atoms.